The molecule has 0 aromatic carbocycles. The van der Waals surface area contributed by atoms with Crippen LogP contribution in [0.3, 0.4) is 0 Å². The molecule has 138 valence electrons. The average molecular weight is 351 g/mol. The molecule has 5 atom stereocenters. The highest BCUT2D eigenvalue weighted by Gasteiger charge is 2.43. The molecule has 4 N–H and O–H groups in total. The molecule has 2 rings (SSSR count). The summed E-state index contributed by atoms with van der Waals surface area (Å²) in [4.78, 5) is 25.4. The van der Waals surface area contributed by atoms with Gasteiger partial charge < -0.3 is 30.5 Å². The van der Waals surface area contributed by atoms with Crippen molar-refractivity contribution in [2.45, 2.75) is 38.8 Å². The average Bonchev–Trinajstić information content (AvgIpc) is 2.87. The number of nitrogens with one attached hydrogen (secondary N) is 2. The van der Waals surface area contributed by atoms with Gasteiger partial charge in [0.15, 0.2) is 0 Å². The van der Waals surface area contributed by atoms with Crippen LogP contribution in [0.5, 0.6) is 0 Å². The number of carbonyl (C=O) groups excluding carboxylic acids is 2. The number of terminal acetylenes is 1. The van der Waals surface area contributed by atoms with Crippen molar-refractivity contribution in [3.05, 3.63) is 11.8 Å². The number of rotatable bonds is 6. The Morgan fingerprint density at radius 3 is 2.80 bits per heavy atom. The molecule has 8 nitrogen and oxygen atoms in total. The smallest absolute Gasteiger partial charge is 0.254 e. The van der Waals surface area contributed by atoms with Crippen LogP contribution in [0.2, 0.25) is 0 Å². The van der Waals surface area contributed by atoms with Crippen molar-refractivity contribution in [1.82, 2.24) is 15.5 Å². The van der Waals surface area contributed by atoms with Crippen molar-refractivity contribution >= 4 is 11.8 Å². The van der Waals surface area contributed by atoms with Crippen LogP contribution in [-0.2, 0) is 14.3 Å². The van der Waals surface area contributed by atoms with Crippen molar-refractivity contribution in [3.8, 4) is 12.3 Å². The molecule has 1 fully saturated rings. The minimum absolute atomic E-state index is 0.0326. The molecular formula is C17H25N3O5. The van der Waals surface area contributed by atoms with Gasteiger partial charge in [0.25, 0.3) is 5.91 Å². The molecule has 0 aliphatic carbocycles. The highest BCUT2D eigenvalue weighted by atomic mass is 16.5. The highest BCUT2D eigenvalue weighted by Crippen LogP contribution is 2.36. The van der Waals surface area contributed by atoms with Crippen LogP contribution >= 0.6 is 0 Å². The summed E-state index contributed by atoms with van der Waals surface area (Å²) in [6, 6.07) is 0. The van der Waals surface area contributed by atoms with E-state index in [4.69, 9.17) is 11.2 Å². The molecule has 0 saturated carbocycles. The minimum Gasteiger partial charge on any atom is -0.394 e. The van der Waals surface area contributed by atoms with E-state index in [1.165, 1.54) is 11.1 Å². The molecule has 8 heteroatoms. The maximum absolute atomic E-state index is 12.3. The maximum Gasteiger partial charge on any atom is 0.254 e. The fourth-order valence-corrected chi connectivity index (χ4v) is 3.07. The van der Waals surface area contributed by atoms with E-state index >= 15 is 0 Å². The summed E-state index contributed by atoms with van der Waals surface area (Å²) in [7, 11) is 0. The zero-order chi connectivity index (χ0) is 18.6. The summed E-state index contributed by atoms with van der Waals surface area (Å²) >= 11 is 0. The van der Waals surface area contributed by atoms with Gasteiger partial charge in [0.1, 0.15) is 0 Å². The molecule has 25 heavy (non-hydrogen) atoms. The number of aliphatic hydroxyl groups excluding tert-OH is 2. The van der Waals surface area contributed by atoms with Crippen molar-refractivity contribution in [1.29, 1.82) is 0 Å². The van der Waals surface area contributed by atoms with Crippen LogP contribution in [0, 0.1) is 24.2 Å². The summed E-state index contributed by atoms with van der Waals surface area (Å²) < 4.78 is 5.82. The second-order valence-electron chi connectivity index (χ2n) is 6.40. The van der Waals surface area contributed by atoms with Gasteiger partial charge in [-0.05, 0) is 11.8 Å². The molecule has 0 aromatic heterocycles. The molecule has 1 saturated heterocycles. The van der Waals surface area contributed by atoms with Gasteiger partial charge in [-0.15, -0.1) is 6.42 Å². The van der Waals surface area contributed by atoms with E-state index in [0.29, 0.717) is 5.57 Å². The fourth-order valence-electron chi connectivity index (χ4n) is 3.07. The second kappa shape index (κ2) is 8.34. The first-order valence-corrected chi connectivity index (χ1v) is 8.32. The molecule has 0 spiro atoms. The van der Waals surface area contributed by atoms with Gasteiger partial charge in [-0.3, -0.25) is 9.59 Å². The van der Waals surface area contributed by atoms with E-state index in [9.17, 15) is 19.8 Å². The van der Waals surface area contributed by atoms with Gasteiger partial charge in [-0.2, -0.15) is 0 Å². The highest BCUT2D eigenvalue weighted by molar-refractivity contribution is 5.95. The Morgan fingerprint density at radius 1 is 1.48 bits per heavy atom. The lowest BCUT2D eigenvalue weighted by molar-refractivity contribution is -0.128. The number of carbonyl (C=O) groups is 2. The fraction of sp³-hybridized carbons (Fsp3) is 0.647. The Balaban J connectivity index is 2.08. The number of amides is 2. The topological polar surface area (TPSA) is 111 Å². The summed E-state index contributed by atoms with van der Waals surface area (Å²) in [5, 5.41) is 24.4. The molecule has 0 aromatic rings. The Labute approximate surface area is 147 Å². The van der Waals surface area contributed by atoms with Crippen LogP contribution < -0.4 is 10.6 Å². The Bertz CT molecular complexity index is 585. The molecule has 0 bridgehead atoms. The van der Waals surface area contributed by atoms with Crippen LogP contribution in [0.4, 0.5) is 0 Å². The molecule has 2 aliphatic rings. The van der Waals surface area contributed by atoms with Gasteiger partial charge in [0.05, 0.1) is 30.9 Å². The predicted octanol–water partition coefficient (Wildman–Crippen LogP) is -1.25. The minimum atomic E-state index is -1.21. The molecule has 2 amide bonds. The monoisotopic (exact) mass is 351 g/mol. The second-order valence-corrected chi connectivity index (χ2v) is 6.40. The summed E-state index contributed by atoms with van der Waals surface area (Å²) in [5.41, 5.74) is 0.379. The third kappa shape index (κ3) is 4.31. The molecule has 2 heterocycles. The normalized spacial score (nSPS) is 32.0. The zero-order valence-corrected chi connectivity index (χ0v) is 14.4. The largest absolute Gasteiger partial charge is 0.394 e. The third-order valence-corrected chi connectivity index (χ3v) is 4.83. The lowest BCUT2D eigenvalue weighted by Gasteiger charge is -2.34. The lowest BCUT2D eigenvalue weighted by Crippen LogP contribution is -2.52. The number of ether oxygens (including phenoxy) is 1. The summed E-state index contributed by atoms with van der Waals surface area (Å²) in [6.07, 6.45) is 4.72. The Morgan fingerprint density at radius 2 is 2.20 bits per heavy atom. The van der Waals surface area contributed by atoms with Crippen molar-refractivity contribution in [2.75, 3.05) is 19.7 Å². The SMILES string of the molecule is C#CCNC(=O)CCN1C=C(C2OC(CO)C(C)C2C)C(=O)NC1O. The maximum atomic E-state index is 12.3. The predicted molar refractivity (Wildman–Crippen MR) is 89.5 cm³/mol. The standard InChI is InChI=1S/C17H25N3O5/c1-4-6-18-14(22)5-7-20-8-12(16(23)19-17(20)24)15-11(3)10(2)13(9-21)25-15/h1,8,10-11,13,15,17,21,24H,5-7,9H2,2-3H3,(H,18,22)(H,19,23). The van der Waals surface area contributed by atoms with Gasteiger partial charge in [-0.25, -0.2) is 0 Å². The molecular weight excluding hydrogens is 326 g/mol. The first-order valence-electron chi connectivity index (χ1n) is 8.32. The van der Waals surface area contributed by atoms with Crippen LogP contribution in [0.1, 0.15) is 20.3 Å². The van der Waals surface area contributed by atoms with E-state index in [1.807, 2.05) is 13.8 Å². The summed E-state index contributed by atoms with van der Waals surface area (Å²) in [5.74, 6) is 1.79. The molecule has 0 radical (unpaired) electrons. The van der Waals surface area contributed by atoms with E-state index in [0.717, 1.165) is 0 Å². The number of hydrogen-bond donors (Lipinski definition) is 4. The third-order valence-electron chi connectivity index (χ3n) is 4.83. The first kappa shape index (κ1) is 19.2. The lowest BCUT2D eigenvalue weighted by atomic mass is 9.87. The first-order chi connectivity index (χ1) is 11.9. The number of aliphatic hydroxyl groups is 2. The Hall–Kier alpha value is -2.08. The molecule has 2 aliphatic heterocycles. The Kier molecular flexibility index (Phi) is 6.42. The van der Waals surface area contributed by atoms with E-state index < -0.39 is 18.4 Å². The van der Waals surface area contributed by atoms with E-state index in [1.54, 1.807) is 0 Å². The van der Waals surface area contributed by atoms with Gasteiger partial charge in [0.2, 0.25) is 12.3 Å². The number of nitrogens with zero attached hydrogens (tertiary/aromatic N) is 1. The summed E-state index contributed by atoms with van der Waals surface area (Å²) in [6.45, 7) is 4.17. The van der Waals surface area contributed by atoms with Crippen LogP contribution in [-0.4, -0.2) is 65.2 Å². The molecule has 5 unspecified atom stereocenters. The van der Waals surface area contributed by atoms with Crippen molar-refractivity contribution < 1.29 is 24.5 Å². The van der Waals surface area contributed by atoms with Crippen LogP contribution in [0.25, 0.3) is 0 Å². The van der Waals surface area contributed by atoms with Crippen molar-refractivity contribution in [3.63, 3.8) is 0 Å². The van der Waals surface area contributed by atoms with E-state index in [-0.39, 0.29) is 50.0 Å². The van der Waals surface area contributed by atoms with Gasteiger partial charge >= 0.3 is 0 Å². The van der Waals surface area contributed by atoms with Gasteiger partial charge in [-0.1, -0.05) is 19.8 Å². The van der Waals surface area contributed by atoms with Crippen molar-refractivity contribution in [2.24, 2.45) is 11.8 Å². The quantitative estimate of drug-likeness (QED) is 0.445. The number of hydrogen-bond acceptors (Lipinski definition) is 6. The van der Waals surface area contributed by atoms with Gasteiger partial charge in [0, 0.05) is 19.2 Å². The van der Waals surface area contributed by atoms with Crippen LogP contribution in [0.15, 0.2) is 11.8 Å². The zero-order valence-electron chi connectivity index (χ0n) is 14.4. The van der Waals surface area contributed by atoms with E-state index in [2.05, 4.69) is 16.6 Å².